The van der Waals surface area contributed by atoms with Crippen LogP contribution in [-0.4, -0.2) is 67.6 Å². The number of carbonyl (C=O) groups is 1. The highest BCUT2D eigenvalue weighted by Gasteiger charge is 2.35. The van der Waals surface area contributed by atoms with Gasteiger partial charge in [-0.1, -0.05) is 0 Å². The fourth-order valence-electron chi connectivity index (χ4n) is 3.70. The topological polar surface area (TPSA) is 67.2 Å². The molecule has 0 bridgehead atoms. The molecule has 7 nitrogen and oxygen atoms in total. The van der Waals surface area contributed by atoms with E-state index in [1.807, 2.05) is 4.90 Å². The predicted octanol–water partition coefficient (Wildman–Crippen LogP) is 1.95. The highest BCUT2D eigenvalue weighted by Crippen LogP contribution is 2.29. The normalized spacial score (nSPS) is 20.8. The van der Waals surface area contributed by atoms with Gasteiger partial charge in [-0.25, -0.2) is 4.39 Å². The van der Waals surface area contributed by atoms with Gasteiger partial charge < -0.3 is 4.90 Å². The molecule has 1 atom stereocenters. The van der Waals surface area contributed by atoms with Crippen LogP contribution in [0.1, 0.15) is 32.6 Å². The van der Waals surface area contributed by atoms with Crippen LogP contribution < -0.4 is 0 Å². The lowest BCUT2D eigenvalue weighted by molar-refractivity contribution is -0.136. The number of amides is 1. The maximum atomic E-state index is 13.0. The number of piperazine rings is 1. The Hall–Kier alpha value is -2.35. The Bertz CT molecular complexity index is 788. The second-order valence-corrected chi connectivity index (χ2v) is 7.48. The summed E-state index contributed by atoms with van der Waals surface area (Å²) in [5.74, 6) is 0.375. The Kier molecular flexibility index (Phi) is 5.15. The van der Waals surface area contributed by atoms with E-state index in [1.54, 1.807) is 12.1 Å². The minimum atomic E-state index is -0.295. The summed E-state index contributed by atoms with van der Waals surface area (Å²) < 4.78 is 13.0. The molecular formula is C19H25FN6O. The molecule has 8 heteroatoms. The van der Waals surface area contributed by atoms with Crippen LogP contribution in [0.15, 0.2) is 24.3 Å². The van der Waals surface area contributed by atoms with E-state index in [1.165, 1.54) is 29.8 Å². The van der Waals surface area contributed by atoms with Crippen molar-refractivity contribution in [1.29, 1.82) is 0 Å². The first kappa shape index (κ1) is 18.0. The number of hydrogen-bond acceptors (Lipinski definition) is 5. The van der Waals surface area contributed by atoms with Gasteiger partial charge in [-0.05, 0) is 55.7 Å². The second-order valence-electron chi connectivity index (χ2n) is 7.48. The van der Waals surface area contributed by atoms with Gasteiger partial charge in [-0.2, -0.15) is 4.80 Å². The zero-order valence-electron chi connectivity index (χ0n) is 15.6. The molecule has 1 aromatic heterocycles. The summed E-state index contributed by atoms with van der Waals surface area (Å²) in [4.78, 5) is 18.6. The van der Waals surface area contributed by atoms with Crippen molar-refractivity contribution in [2.24, 2.45) is 0 Å². The molecule has 1 aromatic carbocycles. The van der Waals surface area contributed by atoms with Crippen molar-refractivity contribution in [1.82, 2.24) is 30.0 Å². The molecule has 1 saturated carbocycles. The van der Waals surface area contributed by atoms with E-state index in [0.717, 1.165) is 31.2 Å². The third-order valence-corrected chi connectivity index (χ3v) is 5.35. The molecule has 2 aromatic rings. The number of tetrazole rings is 1. The average molecular weight is 372 g/mol. The number of halogens is 1. The molecule has 1 aliphatic carbocycles. The Morgan fingerprint density at radius 2 is 2.00 bits per heavy atom. The minimum absolute atomic E-state index is 0.205. The van der Waals surface area contributed by atoms with Crippen LogP contribution >= 0.6 is 0 Å². The number of aryl methyl sites for hydroxylation is 1. The molecule has 144 valence electrons. The monoisotopic (exact) mass is 372 g/mol. The van der Waals surface area contributed by atoms with E-state index in [-0.39, 0.29) is 17.8 Å². The van der Waals surface area contributed by atoms with Crippen LogP contribution in [0.4, 0.5) is 4.39 Å². The van der Waals surface area contributed by atoms with E-state index in [4.69, 9.17) is 0 Å². The van der Waals surface area contributed by atoms with Gasteiger partial charge in [0, 0.05) is 43.7 Å². The van der Waals surface area contributed by atoms with Crippen molar-refractivity contribution >= 4 is 5.91 Å². The summed E-state index contributed by atoms with van der Waals surface area (Å²) in [7, 11) is 0. The highest BCUT2D eigenvalue weighted by atomic mass is 19.1. The second kappa shape index (κ2) is 7.72. The molecule has 2 fully saturated rings. The number of benzene rings is 1. The van der Waals surface area contributed by atoms with Crippen LogP contribution in [-0.2, 0) is 11.3 Å². The molecule has 1 saturated heterocycles. The fraction of sp³-hybridized carbons (Fsp3) is 0.579. The van der Waals surface area contributed by atoms with Crippen LogP contribution in [0, 0.1) is 5.82 Å². The van der Waals surface area contributed by atoms with Gasteiger partial charge in [0.25, 0.3) is 0 Å². The van der Waals surface area contributed by atoms with Crippen molar-refractivity contribution in [3.05, 3.63) is 30.1 Å². The Labute approximate surface area is 158 Å². The van der Waals surface area contributed by atoms with Crippen LogP contribution in [0.5, 0.6) is 0 Å². The zero-order chi connectivity index (χ0) is 18.8. The molecule has 1 aliphatic heterocycles. The Balaban J connectivity index is 1.25. The largest absolute Gasteiger partial charge is 0.337 e. The van der Waals surface area contributed by atoms with Gasteiger partial charge in [0.1, 0.15) is 5.82 Å². The molecule has 0 spiro atoms. The molecule has 0 N–H and O–H groups in total. The zero-order valence-corrected chi connectivity index (χ0v) is 15.6. The first-order valence-corrected chi connectivity index (χ1v) is 9.67. The number of hydrogen-bond donors (Lipinski definition) is 0. The first-order valence-electron chi connectivity index (χ1n) is 9.67. The van der Waals surface area contributed by atoms with Crippen molar-refractivity contribution in [3.8, 4) is 11.4 Å². The SMILES string of the molecule is CC1CN(C2CC2)CCN1C(=O)CCCn1nnc(-c2ccc(F)cc2)n1. The lowest BCUT2D eigenvalue weighted by Gasteiger charge is -2.40. The average Bonchev–Trinajstić information content (AvgIpc) is 3.41. The Morgan fingerprint density at radius 3 is 2.70 bits per heavy atom. The van der Waals surface area contributed by atoms with Crippen LogP contribution in [0.25, 0.3) is 11.4 Å². The number of nitrogens with zero attached hydrogens (tertiary/aromatic N) is 6. The van der Waals surface area contributed by atoms with Crippen molar-refractivity contribution < 1.29 is 9.18 Å². The lowest BCUT2D eigenvalue weighted by atomic mass is 10.1. The molecule has 1 amide bonds. The molecular weight excluding hydrogens is 347 g/mol. The van der Waals surface area contributed by atoms with Gasteiger partial charge in [-0.15, -0.1) is 10.2 Å². The van der Waals surface area contributed by atoms with E-state index in [0.29, 0.717) is 25.2 Å². The summed E-state index contributed by atoms with van der Waals surface area (Å²) in [6.07, 6.45) is 3.78. The maximum absolute atomic E-state index is 13.0. The molecule has 1 unspecified atom stereocenters. The van der Waals surface area contributed by atoms with Crippen molar-refractivity contribution in [3.63, 3.8) is 0 Å². The first-order chi connectivity index (χ1) is 13.1. The predicted molar refractivity (Wildman–Crippen MR) is 98.2 cm³/mol. The van der Waals surface area contributed by atoms with Gasteiger partial charge in [0.05, 0.1) is 6.54 Å². The fourth-order valence-corrected chi connectivity index (χ4v) is 3.70. The van der Waals surface area contributed by atoms with E-state index in [2.05, 4.69) is 27.2 Å². The standard InChI is InChI=1S/C19H25FN6O/c1-14-13-24(17-8-9-17)11-12-25(14)18(27)3-2-10-26-22-19(21-23-26)15-4-6-16(20)7-5-15/h4-7,14,17H,2-3,8-13H2,1H3. The van der Waals surface area contributed by atoms with Gasteiger partial charge in [0.15, 0.2) is 0 Å². The summed E-state index contributed by atoms with van der Waals surface area (Å²) in [6.45, 7) is 5.48. The molecule has 4 rings (SSSR count). The maximum Gasteiger partial charge on any atom is 0.222 e. The van der Waals surface area contributed by atoms with E-state index >= 15 is 0 Å². The summed E-state index contributed by atoms with van der Waals surface area (Å²) in [5.41, 5.74) is 0.723. The summed E-state index contributed by atoms with van der Waals surface area (Å²) in [5, 5.41) is 12.3. The van der Waals surface area contributed by atoms with Crippen LogP contribution in [0.3, 0.4) is 0 Å². The Morgan fingerprint density at radius 1 is 1.22 bits per heavy atom. The minimum Gasteiger partial charge on any atom is -0.337 e. The molecule has 0 radical (unpaired) electrons. The number of aromatic nitrogens is 4. The third-order valence-electron chi connectivity index (χ3n) is 5.35. The number of carbonyl (C=O) groups excluding carboxylic acids is 1. The number of rotatable bonds is 6. The van der Waals surface area contributed by atoms with E-state index < -0.39 is 0 Å². The summed E-state index contributed by atoms with van der Waals surface area (Å²) >= 11 is 0. The van der Waals surface area contributed by atoms with Gasteiger partial charge in [0.2, 0.25) is 11.7 Å². The highest BCUT2D eigenvalue weighted by molar-refractivity contribution is 5.76. The molecule has 2 aliphatic rings. The van der Waals surface area contributed by atoms with Gasteiger partial charge >= 0.3 is 0 Å². The van der Waals surface area contributed by atoms with Gasteiger partial charge in [-0.3, -0.25) is 9.69 Å². The van der Waals surface area contributed by atoms with Crippen molar-refractivity contribution in [2.45, 2.75) is 51.2 Å². The smallest absolute Gasteiger partial charge is 0.222 e. The third kappa shape index (κ3) is 4.32. The summed E-state index contributed by atoms with van der Waals surface area (Å²) in [6, 6.07) is 7.04. The lowest BCUT2D eigenvalue weighted by Crippen LogP contribution is -2.54. The quantitative estimate of drug-likeness (QED) is 0.775. The van der Waals surface area contributed by atoms with Crippen LogP contribution in [0.2, 0.25) is 0 Å². The molecule has 27 heavy (non-hydrogen) atoms. The molecule has 2 heterocycles. The van der Waals surface area contributed by atoms with Crippen molar-refractivity contribution in [2.75, 3.05) is 19.6 Å². The van der Waals surface area contributed by atoms with E-state index in [9.17, 15) is 9.18 Å².